The summed E-state index contributed by atoms with van der Waals surface area (Å²) in [6, 6.07) is 0.534. The van der Waals surface area contributed by atoms with Crippen LogP contribution in [0.25, 0.3) is 0 Å². The van der Waals surface area contributed by atoms with Crippen LogP contribution in [0.2, 0.25) is 0 Å². The van der Waals surface area contributed by atoms with Crippen LogP contribution in [0.4, 0.5) is 0 Å². The molecular weight excluding hydrogens is 412 g/mol. The van der Waals surface area contributed by atoms with Crippen molar-refractivity contribution >= 4 is 11.7 Å². The predicted octanol–water partition coefficient (Wildman–Crippen LogP) is 4.32. The number of amides is 1. The van der Waals surface area contributed by atoms with Gasteiger partial charge >= 0.3 is 0 Å². The van der Waals surface area contributed by atoms with Gasteiger partial charge < -0.3 is 15.3 Å². The van der Waals surface area contributed by atoms with Crippen LogP contribution < -0.4 is 5.32 Å². The minimum atomic E-state index is -0.442. The van der Waals surface area contributed by atoms with Gasteiger partial charge in [0.15, 0.2) is 5.78 Å². The van der Waals surface area contributed by atoms with E-state index >= 15 is 0 Å². The molecule has 4 aliphatic carbocycles. The van der Waals surface area contributed by atoms with Crippen LogP contribution in [0.1, 0.15) is 73.1 Å². The maximum absolute atomic E-state index is 13.5. The number of carbonyl (C=O) groups is 2. The smallest absolute Gasteiger partial charge is 0.248 e. The number of allylic oxidation sites excluding steroid dienone is 3. The molecule has 3 saturated carbocycles. The Bertz CT molecular complexity index is 872. The molecule has 0 radical (unpaired) electrons. The Hall–Kier alpha value is -1.46. The highest BCUT2D eigenvalue weighted by Crippen LogP contribution is 2.67. The molecule has 2 N–H and O–H groups in total. The first kappa shape index (κ1) is 24.7. The zero-order chi connectivity index (χ0) is 24.3. The van der Waals surface area contributed by atoms with Gasteiger partial charge in [-0.25, -0.2) is 0 Å². The van der Waals surface area contributed by atoms with E-state index in [-0.39, 0.29) is 34.4 Å². The number of nitrogens with one attached hydrogen (secondary N) is 1. The number of aliphatic hydroxyl groups excluding tert-OH is 1. The summed E-state index contributed by atoms with van der Waals surface area (Å²) in [6.45, 7) is 10.9. The number of aliphatic hydroxyl groups is 1. The van der Waals surface area contributed by atoms with E-state index in [0.717, 1.165) is 18.4 Å². The molecule has 184 valence electrons. The second-order valence-electron chi connectivity index (χ2n) is 12.5. The van der Waals surface area contributed by atoms with Gasteiger partial charge in [0.05, 0.1) is 11.8 Å². The van der Waals surface area contributed by atoms with Crippen molar-refractivity contribution in [2.24, 2.45) is 40.4 Å². The Kier molecular flexibility index (Phi) is 6.46. The molecule has 1 amide bonds. The predicted molar refractivity (Wildman–Crippen MR) is 131 cm³/mol. The topological polar surface area (TPSA) is 69.6 Å². The average molecular weight is 457 g/mol. The molecule has 0 aromatic carbocycles. The number of hydrogen-bond donors (Lipinski definition) is 2. The Balaban J connectivity index is 1.60. The third kappa shape index (κ3) is 3.93. The summed E-state index contributed by atoms with van der Waals surface area (Å²) in [5, 5.41) is 14.3. The molecule has 5 nitrogen and oxygen atoms in total. The first-order valence-electron chi connectivity index (χ1n) is 12.9. The van der Waals surface area contributed by atoms with Crippen LogP contribution >= 0.6 is 0 Å². The summed E-state index contributed by atoms with van der Waals surface area (Å²) in [5.41, 5.74) is 1.44. The molecule has 0 heterocycles. The lowest BCUT2D eigenvalue weighted by atomic mass is 9.44. The van der Waals surface area contributed by atoms with Crippen molar-refractivity contribution in [1.29, 1.82) is 0 Å². The van der Waals surface area contributed by atoms with Gasteiger partial charge in [-0.1, -0.05) is 25.5 Å². The molecule has 4 rings (SSSR count). The molecule has 33 heavy (non-hydrogen) atoms. The fraction of sp³-hybridized carbons (Fsp3) is 0.786. The van der Waals surface area contributed by atoms with Crippen LogP contribution in [0.3, 0.4) is 0 Å². The summed E-state index contributed by atoms with van der Waals surface area (Å²) in [7, 11) is 4.37. The van der Waals surface area contributed by atoms with E-state index in [2.05, 4.69) is 45.1 Å². The molecule has 0 bridgehead atoms. The van der Waals surface area contributed by atoms with Gasteiger partial charge in [-0.05, 0) is 108 Å². The van der Waals surface area contributed by atoms with Crippen LogP contribution in [-0.2, 0) is 9.59 Å². The third-order valence-electron chi connectivity index (χ3n) is 10.4. The monoisotopic (exact) mass is 456 g/mol. The summed E-state index contributed by atoms with van der Waals surface area (Å²) < 4.78 is 0. The number of ketones is 1. The summed E-state index contributed by atoms with van der Waals surface area (Å²) >= 11 is 0. The van der Waals surface area contributed by atoms with E-state index in [1.165, 1.54) is 25.3 Å². The molecule has 9 atom stereocenters. The van der Waals surface area contributed by atoms with Gasteiger partial charge in [-0.3, -0.25) is 9.59 Å². The van der Waals surface area contributed by atoms with Crippen LogP contribution in [0.5, 0.6) is 0 Å². The Morgan fingerprint density at radius 3 is 2.48 bits per heavy atom. The van der Waals surface area contributed by atoms with E-state index in [1.54, 1.807) is 0 Å². The van der Waals surface area contributed by atoms with E-state index in [9.17, 15) is 14.7 Å². The van der Waals surface area contributed by atoms with Gasteiger partial charge in [-0.15, -0.1) is 0 Å². The molecule has 0 saturated heterocycles. The number of nitrogens with zero attached hydrogens (tertiary/aromatic N) is 1. The molecule has 3 fully saturated rings. The van der Waals surface area contributed by atoms with Crippen molar-refractivity contribution in [2.75, 3.05) is 14.1 Å². The quantitative estimate of drug-likeness (QED) is 0.618. The highest BCUT2D eigenvalue weighted by Gasteiger charge is 2.63. The van der Waals surface area contributed by atoms with Gasteiger partial charge in [0, 0.05) is 18.0 Å². The van der Waals surface area contributed by atoms with E-state index < -0.39 is 6.10 Å². The van der Waals surface area contributed by atoms with Gasteiger partial charge in [0.25, 0.3) is 0 Å². The Morgan fingerprint density at radius 2 is 1.85 bits per heavy atom. The third-order valence-corrected chi connectivity index (χ3v) is 10.4. The lowest BCUT2D eigenvalue weighted by Crippen LogP contribution is -2.60. The second-order valence-corrected chi connectivity index (χ2v) is 12.5. The molecule has 4 aliphatic rings. The first-order chi connectivity index (χ1) is 15.4. The van der Waals surface area contributed by atoms with Crippen molar-refractivity contribution in [3.63, 3.8) is 0 Å². The van der Waals surface area contributed by atoms with Gasteiger partial charge in [0.2, 0.25) is 5.91 Å². The molecule has 0 aromatic rings. The standard InChI is InChI=1S/C28H44N2O3/c1-16(2)14-24(32)29-22-11-13-28(5)20-10-12-27(4)18(17(3)30(6)7)8-9-19(27)25(20)23(31)15-21(28)26(22)33/h11,14,17-21,23,25,31H,8-10,12-13,15H2,1-7H3,(H,29,32)/t17?,18-,19?,20?,21?,23-,25?,27-,28-/m1/s1. The minimum absolute atomic E-state index is 0.00983. The van der Waals surface area contributed by atoms with Crippen LogP contribution in [-0.4, -0.2) is 47.9 Å². The number of hydrogen-bond acceptors (Lipinski definition) is 4. The van der Waals surface area contributed by atoms with Crippen LogP contribution in [0.15, 0.2) is 23.4 Å². The Morgan fingerprint density at radius 1 is 1.18 bits per heavy atom. The van der Waals surface area contributed by atoms with Crippen molar-refractivity contribution < 1.29 is 14.7 Å². The fourth-order valence-electron chi connectivity index (χ4n) is 8.47. The maximum Gasteiger partial charge on any atom is 0.248 e. The second kappa shape index (κ2) is 8.64. The number of fused-ring (bicyclic) bond motifs is 5. The minimum Gasteiger partial charge on any atom is -0.393 e. The SMILES string of the molecule is CC(C)=CC(=O)NC1=CC[C@@]2(C)C(C[C@@H](O)C3C2CC[C@@]2(C)C3CC[C@@H]2C(C)N(C)C)C1=O. The zero-order valence-electron chi connectivity index (χ0n) is 21.6. The normalized spacial score (nSPS) is 43.2. The fourth-order valence-corrected chi connectivity index (χ4v) is 8.47. The van der Waals surface area contributed by atoms with Crippen LogP contribution in [0, 0.1) is 40.4 Å². The van der Waals surface area contributed by atoms with E-state index in [0.29, 0.717) is 35.9 Å². The van der Waals surface area contributed by atoms with Gasteiger partial charge in [-0.2, -0.15) is 0 Å². The number of Topliss-reactive ketones (excluding diaryl/α,β-unsaturated/α-hetero) is 1. The van der Waals surface area contributed by atoms with Gasteiger partial charge in [0.1, 0.15) is 0 Å². The summed E-state index contributed by atoms with van der Waals surface area (Å²) in [5.74, 6) is 1.35. The zero-order valence-corrected chi connectivity index (χ0v) is 21.6. The molecule has 0 spiro atoms. The van der Waals surface area contributed by atoms with Crippen molar-refractivity contribution in [1.82, 2.24) is 10.2 Å². The molecule has 0 aliphatic heterocycles. The Labute approximate surface area is 200 Å². The van der Waals surface area contributed by atoms with E-state index in [4.69, 9.17) is 0 Å². The number of carbonyl (C=O) groups excluding carboxylic acids is 2. The molecule has 0 aromatic heterocycles. The summed E-state index contributed by atoms with van der Waals surface area (Å²) in [4.78, 5) is 28.1. The highest BCUT2D eigenvalue weighted by molar-refractivity contribution is 6.03. The van der Waals surface area contributed by atoms with Crippen molar-refractivity contribution in [2.45, 2.75) is 85.3 Å². The summed E-state index contributed by atoms with van der Waals surface area (Å²) in [6.07, 6.45) is 9.04. The molecule has 5 unspecified atom stereocenters. The lowest BCUT2D eigenvalue weighted by Gasteiger charge is -2.61. The number of rotatable bonds is 4. The maximum atomic E-state index is 13.5. The lowest BCUT2D eigenvalue weighted by molar-refractivity contribution is -0.165. The highest BCUT2D eigenvalue weighted by atomic mass is 16.3. The largest absolute Gasteiger partial charge is 0.393 e. The average Bonchev–Trinajstić information content (AvgIpc) is 3.07. The van der Waals surface area contributed by atoms with E-state index in [1.807, 2.05) is 19.9 Å². The molecule has 5 heteroatoms. The van der Waals surface area contributed by atoms with Crippen molar-refractivity contribution in [3.05, 3.63) is 23.4 Å². The molecular formula is C28H44N2O3. The first-order valence-corrected chi connectivity index (χ1v) is 12.9. The van der Waals surface area contributed by atoms with Crippen molar-refractivity contribution in [3.8, 4) is 0 Å².